The van der Waals surface area contributed by atoms with Crippen LogP contribution in [0.25, 0.3) is 0 Å². The van der Waals surface area contributed by atoms with E-state index in [0.29, 0.717) is 37.4 Å². The number of rotatable bonds is 6. The number of nitrogens with zero attached hydrogens (tertiary/aromatic N) is 3. The lowest BCUT2D eigenvalue weighted by Gasteiger charge is -2.31. The molecule has 10 heteroatoms. The summed E-state index contributed by atoms with van der Waals surface area (Å²) in [6.45, 7) is 4.80. The van der Waals surface area contributed by atoms with Crippen LogP contribution >= 0.6 is 11.3 Å². The number of hydrogen-bond donors (Lipinski definition) is 2. The fourth-order valence-corrected chi connectivity index (χ4v) is 3.85. The van der Waals surface area contributed by atoms with Crippen LogP contribution in [0.3, 0.4) is 0 Å². The molecule has 0 saturated carbocycles. The monoisotopic (exact) mass is 431 g/mol. The van der Waals surface area contributed by atoms with E-state index in [1.807, 2.05) is 13.8 Å². The van der Waals surface area contributed by atoms with Gasteiger partial charge in [-0.2, -0.15) is 0 Å². The number of carbonyl (C=O) groups is 3. The van der Waals surface area contributed by atoms with Crippen molar-refractivity contribution in [1.82, 2.24) is 20.4 Å². The van der Waals surface area contributed by atoms with Gasteiger partial charge in [-0.25, -0.2) is 0 Å². The van der Waals surface area contributed by atoms with Gasteiger partial charge < -0.3 is 20.3 Å². The molecule has 0 aliphatic carbocycles. The van der Waals surface area contributed by atoms with Gasteiger partial charge in [-0.05, 0) is 51.0 Å². The highest BCUT2D eigenvalue weighted by Crippen LogP contribution is 2.22. The first-order valence-corrected chi connectivity index (χ1v) is 10.6. The maximum atomic E-state index is 12.7. The van der Waals surface area contributed by atoms with E-state index < -0.39 is 5.91 Å². The number of anilines is 1. The third-order valence-corrected chi connectivity index (χ3v) is 5.64. The smallest absolute Gasteiger partial charge is 0.286 e. The molecule has 2 aromatic rings. The first kappa shape index (κ1) is 21.7. The van der Waals surface area contributed by atoms with E-state index in [9.17, 15) is 14.4 Å². The Morgan fingerprint density at radius 2 is 1.73 bits per heavy atom. The Hall–Kier alpha value is -3.01. The van der Waals surface area contributed by atoms with E-state index >= 15 is 0 Å². The number of methoxy groups -OCH3 is 1. The van der Waals surface area contributed by atoms with Gasteiger partial charge in [0.25, 0.3) is 11.8 Å². The molecule has 30 heavy (non-hydrogen) atoms. The summed E-state index contributed by atoms with van der Waals surface area (Å²) in [6, 6.07) is 6.99. The van der Waals surface area contributed by atoms with Crippen LogP contribution in [0.15, 0.2) is 24.3 Å². The topological polar surface area (TPSA) is 114 Å². The van der Waals surface area contributed by atoms with Gasteiger partial charge in [0.2, 0.25) is 15.9 Å². The van der Waals surface area contributed by atoms with E-state index in [1.165, 1.54) is 0 Å². The lowest BCUT2D eigenvalue weighted by atomic mass is 9.95. The average molecular weight is 432 g/mol. The van der Waals surface area contributed by atoms with Crippen LogP contribution in [0.2, 0.25) is 0 Å². The molecule has 1 saturated heterocycles. The van der Waals surface area contributed by atoms with Crippen molar-refractivity contribution < 1.29 is 19.1 Å². The van der Waals surface area contributed by atoms with Crippen LogP contribution in [0, 0.1) is 5.92 Å². The van der Waals surface area contributed by atoms with Gasteiger partial charge in [0, 0.05) is 30.7 Å². The van der Waals surface area contributed by atoms with Crippen LogP contribution in [0.5, 0.6) is 5.75 Å². The van der Waals surface area contributed by atoms with E-state index in [1.54, 1.807) is 36.3 Å². The number of benzene rings is 1. The molecule has 0 atom stereocenters. The molecule has 1 aromatic heterocycles. The summed E-state index contributed by atoms with van der Waals surface area (Å²) < 4.78 is 5.09. The molecule has 0 unspecified atom stereocenters. The first-order valence-electron chi connectivity index (χ1n) is 9.76. The van der Waals surface area contributed by atoms with Crippen molar-refractivity contribution >= 4 is 34.7 Å². The van der Waals surface area contributed by atoms with E-state index in [2.05, 4.69) is 20.8 Å². The molecule has 1 aliphatic heterocycles. The van der Waals surface area contributed by atoms with Crippen molar-refractivity contribution in [1.29, 1.82) is 0 Å². The number of aromatic nitrogens is 2. The van der Waals surface area contributed by atoms with Crippen LogP contribution in [0.4, 0.5) is 5.69 Å². The number of carbonyl (C=O) groups excluding carboxylic acids is 3. The molecule has 1 fully saturated rings. The number of amides is 3. The Morgan fingerprint density at radius 1 is 1.10 bits per heavy atom. The molecule has 1 aliphatic rings. The van der Waals surface area contributed by atoms with Crippen molar-refractivity contribution in [3.05, 3.63) is 34.3 Å². The second kappa shape index (κ2) is 9.66. The molecule has 9 nitrogen and oxygen atoms in total. The van der Waals surface area contributed by atoms with Gasteiger partial charge in [-0.15, -0.1) is 10.2 Å². The van der Waals surface area contributed by atoms with Crippen LogP contribution in [-0.2, 0) is 4.79 Å². The highest BCUT2D eigenvalue weighted by molar-refractivity contribution is 7.15. The van der Waals surface area contributed by atoms with Crippen molar-refractivity contribution in [2.24, 2.45) is 5.92 Å². The van der Waals surface area contributed by atoms with E-state index in [-0.39, 0.29) is 33.8 Å². The van der Waals surface area contributed by atoms with Gasteiger partial charge in [0.15, 0.2) is 0 Å². The van der Waals surface area contributed by atoms with Crippen molar-refractivity contribution in [2.45, 2.75) is 32.7 Å². The summed E-state index contributed by atoms with van der Waals surface area (Å²) in [5.41, 5.74) is 0.589. The molecule has 1 aromatic carbocycles. The van der Waals surface area contributed by atoms with Crippen molar-refractivity contribution in [2.75, 3.05) is 25.5 Å². The third kappa shape index (κ3) is 5.32. The molecular formula is C20H25N5O4S. The maximum absolute atomic E-state index is 12.7. The molecule has 2 heterocycles. The lowest BCUT2D eigenvalue weighted by Crippen LogP contribution is -2.44. The predicted octanol–water partition coefficient (Wildman–Crippen LogP) is 2.18. The van der Waals surface area contributed by atoms with Crippen molar-refractivity contribution in [3.8, 4) is 5.75 Å². The van der Waals surface area contributed by atoms with E-state index in [0.717, 1.165) is 11.3 Å². The Morgan fingerprint density at radius 3 is 2.33 bits per heavy atom. The molecule has 3 rings (SSSR count). The van der Waals surface area contributed by atoms with Gasteiger partial charge in [0.1, 0.15) is 5.75 Å². The Labute approximate surface area is 178 Å². The normalized spacial score (nSPS) is 14.5. The highest BCUT2D eigenvalue weighted by atomic mass is 32.1. The summed E-state index contributed by atoms with van der Waals surface area (Å²) in [4.78, 5) is 38.9. The maximum Gasteiger partial charge on any atom is 0.286 e. The molecular weight excluding hydrogens is 406 g/mol. The summed E-state index contributed by atoms with van der Waals surface area (Å²) >= 11 is 0.956. The molecule has 2 N–H and O–H groups in total. The summed E-state index contributed by atoms with van der Waals surface area (Å²) in [6.07, 6.45) is 1.21. The molecule has 0 radical (unpaired) electrons. The number of hydrogen-bond acceptors (Lipinski definition) is 7. The highest BCUT2D eigenvalue weighted by Gasteiger charge is 2.30. The Kier molecular flexibility index (Phi) is 6.99. The van der Waals surface area contributed by atoms with Crippen molar-refractivity contribution in [3.63, 3.8) is 0 Å². The summed E-state index contributed by atoms with van der Waals surface area (Å²) in [7, 11) is 1.57. The van der Waals surface area contributed by atoms with Gasteiger partial charge in [-0.3, -0.25) is 14.4 Å². The number of ether oxygens (including phenoxy) is 1. The minimum atomic E-state index is -0.430. The van der Waals surface area contributed by atoms with Crippen LogP contribution < -0.4 is 15.4 Å². The zero-order valence-electron chi connectivity index (χ0n) is 17.2. The number of piperidine rings is 1. The van der Waals surface area contributed by atoms with E-state index in [4.69, 9.17) is 4.74 Å². The van der Waals surface area contributed by atoms with Gasteiger partial charge in [-0.1, -0.05) is 11.3 Å². The second-order valence-electron chi connectivity index (χ2n) is 7.32. The fourth-order valence-electron chi connectivity index (χ4n) is 3.14. The summed E-state index contributed by atoms with van der Waals surface area (Å²) in [5.74, 6) is -0.0658. The second-order valence-corrected chi connectivity index (χ2v) is 8.30. The van der Waals surface area contributed by atoms with Crippen LogP contribution in [0.1, 0.15) is 46.3 Å². The number of nitrogens with one attached hydrogen (secondary N) is 2. The minimum absolute atomic E-state index is 0.0329. The zero-order valence-corrected chi connectivity index (χ0v) is 18.0. The minimum Gasteiger partial charge on any atom is -0.497 e. The molecule has 3 amide bonds. The summed E-state index contributed by atoms with van der Waals surface area (Å²) in [5, 5.41) is 13.7. The zero-order chi connectivity index (χ0) is 21.7. The Bertz CT molecular complexity index is 904. The Balaban J connectivity index is 1.55. The lowest BCUT2D eigenvalue weighted by molar-refractivity contribution is -0.126. The molecule has 0 bridgehead atoms. The fraction of sp³-hybridized carbons (Fsp3) is 0.450. The van der Waals surface area contributed by atoms with Gasteiger partial charge >= 0.3 is 0 Å². The third-order valence-electron chi connectivity index (χ3n) is 4.73. The average Bonchev–Trinajstić information content (AvgIpc) is 3.24. The van der Waals surface area contributed by atoms with Crippen LogP contribution in [-0.4, -0.2) is 59.1 Å². The predicted molar refractivity (Wildman–Crippen MR) is 113 cm³/mol. The SMILES string of the molecule is COc1ccc(NC(=O)c2nnc(C(=O)N3CCC(C(=O)NC(C)C)CC3)s2)cc1. The largest absolute Gasteiger partial charge is 0.497 e. The first-order chi connectivity index (χ1) is 14.4. The quantitative estimate of drug-likeness (QED) is 0.725. The standard InChI is InChI=1S/C20H25N5O4S/c1-12(2)21-16(26)13-8-10-25(11-9-13)20(28)19-24-23-18(30-19)17(27)22-14-4-6-15(29-3)7-5-14/h4-7,12-13H,8-11H2,1-3H3,(H,21,26)(H,22,27). The molecule has 160 valence electrons. The molecule has 0 spiro atoms. The van der Waals surface area contributed by atoms with Gasteiger partial charge in [0.05, 0.1) is 7.11 Å². The number of likely N-dealkylation sites (tertiary alicyclic amines) is 1.